The van der Waals surface area contributed by atoms with Crippen molar-refractivity contribution in [3.63, 3.8) is 0 Å². The molecule has 2 aromatic rings. The van der Waals surface area contributed by atoms with Gasteiger partial charge in [0.1, 0.15) is 11.1 Å². The normalized spacial score (nSPS) is 17.6. The second kappa shape index (κ2) is 13.5. The summed E-state index contributed by atoms with van der Waals surface area (Å²) in [6.45, 7) is 9.76. The molecular formula is C26H35N7S. The highest BCUT2D eigenvalue weighted by molar-refractivity contribution is 7.16. The molecule has 0 unspecified atom stereocenters. The number of terminal acetylenes is 1. The molecule has 0 spiro atoms. The van der Waals surface area contributed by atoms with Gasteiger partial charge in [0.25, 0.3) is 0 Å². The van der Waals surface area contributed by atoms with Gasteiger partial charge in [0, 0.05) is 36.6 Å². The number of fused-ring (bicyclic) bond motifs is 1. The highest BCUT2D eigenvalue weighted by atomic mass is 32.1. The van der Waals surface area contributed by atoms with Gasteiger partial charge in [-0.05, 0) is 56.9 Å². The Balaban J connectivity index is 0.000000970. The average molecular weight is 478 g/mol. The van der Waals surface area contributed by atoms with E-state index in [0.29, 0.717) is 27.9 Å². The number of aryl methyl sites for hydroxylation is 1. The van der Waals surface area contributed by atoms with Crippen LogP contribution in [0, 0.1) is 29.6 Å². The monoisotopic (exact) mass is 477 g/mol. The lowest BCUT2D eigenvalue weighted by molar-refractivity contribution is 0.615. The summed E-state index contributed by atoms with van der Waals surface area (Å²) in [4.78, 5) is 12.5. The fourth-order valence-electron chi connectivity index (χ4n) is 4.35. The van der Waals surface area contributed by atoms with E-state index in [1.54, 1.807) is 23.6 Å². The number of hydrogen-bond acceptors (Lipinski definition) is 8. The smallest absolute Gasteiger partial charge is 0.225 e. The topological polar surface area (TPSA) is 115 Å². The van der Waals surface area contributed by atoms with Crippen molar-refractivity contribution in [2.75, 3.05) is 36.8 Å². The molecule has 0 amide bonds. The maximum atomic E-state index is 9.59. The van der Waals surface area contributed by atoms with Gasteiger partial charge >= 0.3 is 0 Å². The van der Waals surface area contributed by atoms with Gasteiger partial charge in [-0.1, -0.05) is 19.4 Å². The van der Waals surface area contributed by atoms with Gasteiger partial charge in [-0.25, -0.2) is 9.97 Å². The molecule has 3 heterocycles. The molecule has 2 aromatic heterocycles. The summed E-state index contributed by atoms with van der Waals surface area (Å²) in [6, 6.07) is 4.09. The molecular weight excluding hydrogens is 442 g/mol. The molecule has 180 valence electrons. The number of nitrogens with two attached hydrogens (primary N) is 1. The fourth-order valence-corrected chi connectivity index (χ4v) is 5.47. The zero-order chi connectivity index (χ0) is 25.1. The first-order valence-electron chi connectivity index (χ1n) is 11.8. The van der Waals surface area contributed by atoms with Crippen molar-refractivity contribution in [3.8, 4) is 18.9 Å². The van der Waals surface area contributed by atoms with E-state index >= 15 is 0 Å². The van der Waals surface area contributed by atoms with Crippen LogP contribution in [-0.2, 0) is 6.42 Å². The molecule has 4 N–H and O–H groups in total. The van der Waals surface area contributed by atoms with Gasteiger partial charge in [0.15, 0.2) is 0 Å². The molecule has 1 fully saturated rings. The number of anilines is 2. The molecule has 1 aliphatic heterocycles. The minimum Gasteiger partial charge on any atom is -0.389 e. The van der Waals surface area contributed by atoms with Gasteiger partial charge in [-0.2, -0.15) is 5.26 Å². The van der Waals surface area contributed by atoms with E-state index in [1.165, 1.54) is 4.88 Å². The first kappa shape index (κ1) is 27.0. The first-order valence-corrected chi connectivity index (χ1v) is 12.6. The highest BCUT2D eigenvalue weighted by Gasteiger charge is 2.28. The number of nitrogens with zero attached hydrogens (tertiary/aromatic N) is 4. The van der Waals surface area contributed by atoms with Gasteiger partial charge in [0.05, 0.1) is 17.0 Å². The second-order valence-corrected chi connectivity index (χ2v) is 9.01. The predicted octanol–water partition coefficient (Wildman–Crippen LogP) is 4.50. The Bertz CT molecular complexity index is 1050. The number of allylic oxidation sites excluding steroid dienone is 2. The van der Waals surface area contributed by atoms with E-state index in [1.807, 2.05) is 26.8 Å². The third kappa shape index (κ3) is 6.22. The van der Waals surface area contributed by atoms with Crippen LogP contribution in [-0.4, -0.2) is 41.9 Å². The third-order valence-electron chi connectivity index (χ3n) is 5.87. The van der Waals surface area contributed by atoms with Gasteiger partial charge < -0.3 is 16.0 Å². The molecule has 2 aliphatic rings. The van der Waals surface area contributed by atoms with Crippen molar-refractivity contribution >= 4 is 28.0 Å². The molecule has 1 aliphatic carbocycles. The molecule has 0 aromatic carbocycles. The third-order valence-corrected chi connectivity index (χ3v) is 6.96. The summed E-state index contributed by atoms with van der Waals surface area (Å²) >= 11 is 1.54. The van der Waals surface area contributed by atoms with E-state index in [2.05, 4.69) is 39.1 Å². The summed E-state index contributed by atoms with van der Waals surface area (Å²) < 4.78 is 0. The number of thiophene rings is 1. The molecule has 34 heavy (non-hydrogen) atoms. The molecule has 4 rings (SSSR count). The zero-order valence-electron chi connectivity index (χ0n) is 20.4. The largest absolute Gasteiger partial charge is 0.389 e. The minimum atomic E-state index is 0.135. The number of nitrogens with one attached hydrogen (secondary N) is 2. The molecule has 0 bridgehead atoms. The van der Waals surface area contributed by atoms with Crippen molar-refractivity contribution in [2.45, 2.75) is 52.4 Å². The van der Waals surface area contributed by atoms with Crippen LogP contribution in [0.5, 0.6) is 0 Å². The SMILES string of the molecule is C#C.C/C(=C\C(=N)c1ccnc(N2CCCNCC2)n1)[C@H]1CCCc2sc(N)c(C#N)c21.CC. The molecule has 0 saturated carbocycles. The summed E-state index contributed by atoms with van der Waals surface area (Å²) in [5.74, 6) is 0.819. The fraction of sp³-hybridized carbons (Fsp3) is 0.462. The second-order valence-electron chi connectivity index (χ2n) is 7.87. The van der Waals surface area contributed by atoms with Crippen LogP contribution in [0.2, 0.25) is 0 Å². The van der Waals surface area contributed by atoms with Crippen LogP contribution in [0.15, 0.2) is 23.9 Å². The number of hydrogen-bond donors (Lipinski definition) is 3. The Morgan fingerprint density at radius 2 is 2.09 bits per heavy atom. The highest BCUT2D eigenvalue weighted by Crippen LogP contribution is 2.44. The summed E-state index contributed by atoms with van der Waals surface area (Å²) in [5.41, 5.74) is 9.87. The maximum Gasteiger partial charge on any atom is 0.225 e. The molecule has 1 saturated heterocycles. The summed E-state index contributed by atoms with van der Waals surface area (Å²) in [6.07, 6.45) is 15.7. The standard InChI is InChI=1S/C22H27N7S.C2H6.C2H2/c1-14(15-4-2-5-19-20(15)16(13-23)21(25)30-19)12-17(24)18-6-8-27-22(28-18)29-10-3-7-26-9-11-29;2*1-2/h6,8,12,15,24,26H,2-5,7,9-11,25H2,1H3;1-2H3;1-2H/b14-12+,24-17?;;/t15-;;/m1../s1. The van der Waals surface area contributed by atoms with E-state index in [-0.39, 0.29) is 5.92 Å². The average Bonchev–Trinajstić information content (AvgIpc) is 3.03. The Hall–Kier alpha value is -3.20. The van der Waals surface area contributed by atoms with Crippen LogP contribution in [0.25, 0.3) is 0 Å². The van der Waals surface area contributed by atoms with Crippen LogP contribution >= 0.6 is 11.3 Å². The lowest BCUT2D eigenvalue weighted by Gasteiger charge is -2.24. The first-order chi connectivity index (χ1) is 16.6. The predicted molar refractivity (Wildman–Crippen MR) is 143 cm³/mol. The number of nitrogen functional groups attached to an aromatic ring is 1. The number of nitriles is 1. The van der Waals surface area contributed by atoms with Crippen molar-refractivity contribution < 1.29 is 0 Å². The van der Waals surface area contributed by atoms with Crippen LogP contribution in [0.1, 0.15) is 67.6 Å². The van der Waals surface area contributed by atoms with E-state index < -0.39 is 0 Å². The Morgan fingerprint density at radius 1 is 1.32 bits per heavy atom. The number of aromatic nitrogens is 2. The minimum absolute atomic E-state index is 0.135. The van der Waals surface area contributed by atoms with E-state index in [0.717, 1.165) is 63.0 Å². The molecule has 1 atom stereocenters. The lowest BCUT2D eigenvalue weighted by Crippen LogP contribution is -2.29. The van der Waals surface area contributed by atoms with Crippen LogP contribution < -0.4 is 16.0 Å². The van der Waals surface area contributed by atoms with Gasteiger partial charge in [-0.15, -0.1) is 24.2 Å². The quantitative estimate of drug-likeness (QED) is 0.441. The van der Waals surface area contributed by atoms with Gasteiger partial charge in [-0.3, -0.25) is 5.41 Å². The Kier molecular flexibility index (Phi) is 10.7. The van der Waals surface area contributed by atoms with Crippen molar-refractivity contribution in [1.29, 1.82) is 10.7 Å². The van der Waals surface area contributed by atoms with Crippen molar-refractivity contribution in [3.05, 3.63) is 45.6 Å². The zero-order valence-corrected chi connectivity index (χ0v) is 21.2. The Morgan fingerprint density at radius 3 is 2.82 bits per heavy atom. The van der Waals surface area contributed by atoms with Gasteiger partial charge in [0.2, 0.25) is 5.95 Å². The lowest BCUT2D eigenvalue weighted by atomic mass is 9.80. The van der Waals surface area contributed by atoms with Crippen LogP contribution in [0.3, 0.4) is 0 Å². The van der Waals surface area contributed by atoms with E-state index in [4.69, 9.17) is 11.1 Å². The molecule has 0 radical (unpaired) electrons. The van der Waals surface area contributed by atoms with E-state index in [9.17, 15) is 5.26 Å². The molecule has 7 nitrogen and oxygen atoms in total. The maximum absolute atomic E-state index is 9.59. The number of rotatable bonds is 4. The van der Waals surface area contributed by atoms with Crippen molar-refractivity contribution in [1.82, 2.24) is 15.3 Å². The Labute approximate surface area is 207 Å². The summed E-state index contributed by atoms with van der Waals surface area (Å²) in [5, 5.41) is 22.2. The van der Waals surface area contributed by atoms with Crippen molar-refractivity contribution in [2.24, 2.45) is 0 Å². The van der Waals surface area contributed by atoms with Crippen LogP contribution in [0.4, 0.5) is 10.9 Å². The summed E-state index contributed by atoms with van der Waals surface area (Å²) in [7, 11) is 0. The molecule has 8 heteroatoms.